The number of rotatable bonds is 1. The first kappa shape index (κ1) is 13.8. The Morgan fingerprint density at radius 2 is 2.10 bits per heavy atom. The topological polar surface area (TPSA) is 57.5 Å². The van der Waals surface area contributed by atoms with Crippen molar-refractivity contribution in [1.82, 2.24) is 0 Å². The molecule has 4 fully saturated rings. The van der Waals surface area contributed by atoms with Crippen molar-refractivity contribution >= 4 is 5.97 Å². The number of fused-ring (bicyclic) bond motifs is 3. The summed E-state index contributed by atoms with van der Waals surface area (Å²) in [6.45, 7) is 6.38. The van der Waals surface area contributed by atoms with Gasteiger partial charge in [0.25, 0.3) is 0 Å². The van der Waals surface area contributed by atoms with Crippen molar-refractivity contribution in [2.45, 2.75) is 57.5 Å². The van der Waals surface area contributed by atoms with E-state index in [0.717, 1.165) is 44.9 Å². The standard InChI is InChI=1S/C18H26O3/c1-10-4-3-7-18(21)13-6-5-12-9-17(13,8-11(12)2)15(14(10)18)16(19)20/h10,12-15,21H,2-9H2,1H3,(H,19,20)/t10-,12+,13+,14?,15+,17-,18+/m0/s1. The molecule has 21 heavy (non-hydrogen) atoms. The van der Waals surface area contributed by atoms with Crippen LogP contribution < -0.4 is 0 Å². The fraction of sp³-hybridized carbons (Fsp3) is 0.833. The van der Waals surface area contributed by atoms with Crippen molar-refractivity contribution in [3.63, 3.8) is 0 Å². The number of hydrogen-bond donors (Lipinski definition) is 2. The molecule has 1 spiro atoms. The zero-order valence-electron chi connectivity index (χ0n) is 12.8. The van der Waals surface area contributed by atoms with Crippen molar-refractivity contribution in [2.75, 3.05) is 0 Å². The second kappa shape index (κ2) is 4.13. The smallest absolute Gasteiger partial charge is 0.307 e. The van der Waals surface area contributed by atoms with Gasteiger partial charge in [-0.05, 0) is 55.3 Å². The monoisotopic (exact) mass is 290 g/mol. The summed E-state index contributed by atoms with van der Waals surface area (Å²) in [4.78, 5) is 12.1. The van der Waals surface area contributed by atoms with Crippen LogP contribution in [0.3, 0.4) is 0 Å². The Hall–Kier alpha value is -0.830. The molecule has 0 aromatic heterocycles. The van der Waals surface area contributed by atoms with Crippen molar-refractivity contribution in [3.8, 4) is 0 Å². The summed E-state index contributed by atoms with van der Waals surface area (Å²) in [5, 5.41) is 21.5. The Morgan fingerprint density at radius 1 is 1.33 bits per heavy atom. The molecule has 0 radical (unpaired) electrons. The van der Waals surface area contributed by atoms with Gasteiger partial charge >= 0.3 is 5.97 Å². The van der Waals surface area contributed by atoms with Crippen LogP contribution in [0.15, 0.2) is 12.2 Å². The second-order valence-electron chi connectivity index (χ2n) is 8.30. The number of allylic oxidation sites excluding steroid dienone is 1. The summed E-state index contributed by atoms with van der Waals surface area (Å²) >= 11 is 0. The van der Waals surface area contributed by atoms with E-state index >= 15 is 0 Å². The van der Waals surface area contributed by atoms with E-state index in [0.29, 0.717) is 11.8 Å². The Morgan fingerprint density at radius 3 is 2.81 bits per heavy atom. The van der Waals surface area contributed by atoms with Crippen LogP contribution in [-0.2, 0) is 4.79 Å². The SMILES string of the molecule is C=C1C[C@]23C[C@H]1CC[C@H]2[C@]1(O)CCC[C@H](C)C1[C@@H]3C(=O)O. The highest BCUT2D eigenvalue weighted by atomic mass is 16.4. The number of carboxylic acid groups (broad SMARTS) is 1. The minimum Gasteiger partial charge on any atom is -0.481 e. The number of aliphatic carboxylic acids is 1. The fourth-order valence-electron chi connectivity index (χ4n) is 7.00. The highest BCUT2D eigenvalue weighted by molar-refractivity contribution is 5.73. The number of carboxylic acids is 1. The van der Waals surface area contributed by atoms with Crippen molar-refractivity contribution in [3.05, 3.63) is 12.2 Å². The molecule has 0 aliphatic heterocycles. The lowest BCUT2D eigenvalue weighted by atomic mass is 9.63. The highest BCUT2D eigenvalue weighted by Gasteiger charge is 2.72. The van der Waals surface area contributed by atoms with Gasteiger partial charge in [0.2, 0.25) is 0 Å². The molecule has 3 nitrogen and oxygen atoms in total. The van der Waals surface area contributed by atoms with Gasteiger partial charge in [-0.2, -0.15) is 0 Å². The lowest BCUT2D eigenvalue weighted by molar-refractivity contribution is -0.151. The van der Waals surface area contributed by atoms with Gasteiger partial charge in [-0.25, -0.2) is 0 Å². The summed E-state index contributed by atoms with van der Waals surface area (Å²) in [6, 6.07) is 0. The average molecular weight is 290 g/mol. The van der Waals surface area contributed by atoms with E-state index < -0.39 is 11.6 Å². The number of aliphatic hydroxyl groups is 1. The molecular weight excluding hydrogens is 264 g/mol. The van der Waals surface area contributed by atoms with Gasteiger partial charge in [0.15, 0.2) is 0 Å². The average Bonchev–Trinajstić information content (AvgIpc) is 2.79. The lowest BCUT2D eigenvalue weighted by Crippen LogP contribution is -2.48. The third-order valence-corrected chi connectivity index (χ3v) is 7.53. The van der Waals surface area contributed by atoms with Crippen molar-refractivity contribution in [2.24, 2.45) is 35.0 Å². The molecule has 4 rings (SSSR count). The van der Waals surface area contributed by atoms with Crippen LogP contribution in [-0.4, -0.2) is 21.8 Å². The van der Waals surface area contributed by atoms with Gasteiger partial charge in [0.05, 0.1) is 11.5 Å². The fourth-order valence-corrected chi connectivity index (χ4v) is 7.00. The maximum absolute atomic E-state index is 12.1. The first-order valence-electron chi connectivity index (χ1n) is 8.53. The molecule has 0 heterocycles. The first-order valence-corrected chi connectivity index (χ1v) is 8.53. The van der Waals surface area contributed by atoms with Crippen LogP contribution in [0.25, 0.3) is 0 Å². The molecule has 4 aliphatic carbocycles. The van der Waals surface area contributed by atoms with Crippen LogP contribution in [0, 0.1) is 35.0 Å². The zero-order valence-corrected chi connectivity index (χ0v) is 12.8. The quantitative estimate of drug-likeness (QED) is 0.729. The molecule has 2 bridgehead atoms. The zero-order chi connectivity index (χ0) is 15.0. The molecule has 1 unspecified atom stereocenters. The summed E-state index contributed by atoms with van der Waals surface area (Å²) in [7, 11) is 0. The molecule has 0 saturated heterocycles. The largest absolute Gasteiger partial charge is 0.481 e. The van der Waals surface area contributed by atoms with Crippen LogP contribution >= 0.6 is 0 Å². The summed E-state index contributed by atoms with van der Waals surface area (Å²) < 4.78 is 0. The van der Waals surface area contributed by atoms with E-state index in [9.17, 15) is 15.0 Å². The molecule has 0 aromatic carbocycles. The Balaban J connectivity index is 1.88. The van der Waals surface area contributed by atoms with E-state index in [1.807, 2.05) is 0 Å². The Kier molecular flexibility index (Phi) is 2.71. The van der Waals surface area contributed by atoms with E-state index in [2.05, 4.69) is 13.5 Å². The summed E-state index contributed by atoms with van der Waals surface area (Å²) in [5.74, 6) is -0.109. The second-order valence-corrected chi connectivity index (χ2v) is 8.30. The van der Waals surface area contributed by atoms with E-state index in [4.69, 9.17) is 0 Å². The molecular formula is C18H26O3. The van der Waals surface area contributed by atoms with E-state index in [1.54, 1.807) is 0 Å². The molecule has 7 atom stereocenters. The summed E-state index contributed by atoms with van der Waals surface area (Å²) in [6.07, 6.45) is 6.79. The van der Waals surface area contributed by atoms with Gasteiger partial charge in [-0.3, -0.25) is 4.79 Å². The van der Waals surface area contributed by atoms with Gasteiger partial charge in [0.1, 0.15) is 0 Å². The third-order valence-electron chi connectivity index (χ3n) is 7.53. The van der Waals surface area contributed by atoms with Crippen molar-refractivity contribution < 1.29 is 15.0 Å². The minimum absolute atomic E-state index is 0.0570. The first-order chi connectivity index (χ1) is 9.90. The normalized spacial score (nSPS) is 55.1. The van der Waals surface area contributed by atoms with Gasteiger partial charge in [-0.15, -0.1) is 0 Å². The summed E-state index contributed by atoms with van der Waals surface area (Å²) in [5.41, 5.74) is 0.304. The maximum atomic E-state index is 12.1. The third kappa shape index (κ3) is 1.51. The molecule has 0 amide bonds. The van der Waals surface area contributed by atoms with Crippen LogP contribution in [0.5, 0.6) is 0 Å². The maximum Gasteiger partial charge on any atom is 0.307 e. The van der Waals surface area contributed by atoms with E-state index in [-0.39, 0.29) is 23.2 Å². The number of hydrogen-bond acceptors (Lipinski definition) is 2. The minimum atomic E-state index is -0.740. The molecule has 4 saturated carbocycles. The molecule has 3 heteroatoms. The Labute approximate surface area is 126 Å². The van der Waals surface area contributed by atoms with Gasteiger partial charge < -0.3 is 10.2 Å². The highest BCUT2D eigenvalue weighted by Crippen LogP contribution is 2.72. The van der Waals surface area contributed by atoms with Crippen LogP contribution in [0.4, 0.5) is 0 Å². The molecule has 116 valence electrons. The van der Waals surface area contributed by atoms with Gasteiger partial charge in [0, 0.05) is 5.92 Å². The van der Waals surface area contributed by atoms with Crippen LogP contribution in [0.1, 0.15) is 51.9 Å². The lowest BCUT2D eigenvalue weighted by Gasteiger charge is -2.45. The van der Waals surface area contributed by atoms with Crippen LogP contribution in [0.2, 0.25) is 0 Å². The predicted octanol–water partition coefficient (Wildman–Crippen LogP) is 3.23. The molecule has 0 aromatic rings. The number of carbonyl (C=O) groups is 1. The Bertz CT molecular complexity index is 513. The van der Waals surface area contributed by atoms with Crippen molar-refractivity contribution in [1.29, 1.82) is 0 Å². The molecule has 4 aliphatic rings. The predicted molar refractivity (Wildman–Crippen MR) is 79.6 cm³/mol. The van der Waals surface area contributed by atoms with E-state index in [1.165, 1.54) is 5.57 Å². The van der Waals surface area contributed by atoms with Gasteiger partial charge in [-0.1, -0.05) is 31.9 Å². The molecule has 2 N–H and O–H groups in total.